The smallest absolute Gasteiger partial charge is 0.295 e. The molecule has 1 aliphatic rings. The van der Waals surface area contributed by atoms with E-state index in [0.717, 1.165) is 5.56 Å². The van der Waals surface area contributed by atoms with Crippen molar-refractivity contribution in [2.75, 3.05) is 4.90 Å². The number of halogens is 3. The van der Waals surface area contributed by atoms with Crippen molar-refractivity contribution in [1.29, 1.82) is 0 Å². The lowest BCUT2D eigenvalue weighted by molar-refractivity contribution is 0.0971. The molecule has 1 aliphatic heterocycles. The van der Waals surface area contributed by atoms with Gasteiger partial charge >= 0.3 is 0 Å². The zero-order valence-corrected chi connectivity index (χ0v) is 17.7. The van der Waals surface area contributed by atoms with Gasteiger partial charge in [0.05, 0.1) is 17.0 Å². The number of benzene rings is 3. The van der Waals surface area contributed by atoms with E-state index in [2.05, 4.69) is 0 Å². The summed E-state index contributed by atoms with van der Waals surface area (Å²) in [5.74, 6) is -0.945. The third kappa shape index (κ3) is 3.12. The largest absolute Gasteiger partial charge is 0.450 e. The molecule has 0 fully saturated rings. The first-order valence-electron chi connectivity index (χ1n) is 9.46. The maximum absolute atomic E-state index is 13.6. The Morgan fingerprint density at radius 1 is 0.968 bits per heavy atom. The van der Waals surface area contributed by atoms with Crippen LogP contribution in [0.4, 0.5) is 10.1 Å². The molecular formula is C24H14Cl2FNO3. The van der Waals surface area contributed by atoms with Crippen LogP contribution in [0.3, 0.4) is 0 Å². The maximum atomic E-state index is 13.6. The summed E-state index contributed by atoms with van der Waals surface area (Å²) >= 11 is 12.4. The molecular weight excluding hydrogens is 440 g/mol. The second-order valence-electron chi connectivity index (χ2n) is 7.38. The Bertz CT molecular complexity index is 1430. The van der Waals surface area contributed by atoms with Gasteiger partial charge in [-0.1, -0.05) is 41.4 Å². The zero-order chi connectivity index (χ0) is 21.9. The van der Waals surface area contributed by atoms with Gasteiger partial charge in [-0.25, -0.2) is 4.39 Å². The molecule has 3 aromatic carbocycles. The number of anilines is 1. The van der Waals surface area contributed by atoms with Crippen LogP contribution in [0.25, 0.3) is 11.0 Å². The summed E-state index contributed by atoms with van der Waals surface area (Å²) in [5, 5.41) is 1.13. The lowest BCUT2D eigenvalue weighted by Gasteiger charge is -2.25. The summed E-state index contributed by atoms with van der Waals surface area (Å²) in [6.07, 6.45) is 0. The molecule has 154 valence electrons. The lowest BCUT2D eigenvalue weighted by Crippen LogP contribution is -2.29. The summed E-state index contributed by atoms with van der Waals surface area (Å²) in [4.78, 5) is 28.4. The minimum absolute atomic E-state index is 0.0501. The highest BCUT2D eigenvalue weighted by Crippen LogP contribution is 2.42. The standard InChI is InChI=1S/C24H14Cl2FNO3/c1-12-2-8-16(11-18(12)26)28-21(13-3-6-15(27)7-4-13)20-22(29)17-10-14(25)5-9-19(17)31-23(20)24(28)30/h2-11,21H,1H3. The average Bonchev–Trinajstić information content (AvgIpc) is 3.04. The molecule has 0 bridgehead atoms. The van der Waals surface area contributed by atoms with Gasteiger partial charge in [0.15, 0.2) is 5.43 Å². The Balaban J connectivity index is 1.82. The van der Waals surface area contributed by atoms with E-state index in [1.165, 1.54) is 23.1 Å². The van der Waals surface area contributed by atoms with Crippen molar-refractivity contribution in [3.63, 3.8) is 0 Å². The molecule has 1 aromatic heterocycles. The van der Waals surface area contributed by atoms with Gasteiger partial charge in [-0.15, -0.1) is 0 Å². The fourth-order valence-electron chi connectivity index (χ4n) is 3.90. The molecule has 0 saturated heterocycles. The molecule has 5 rings (SSSR count). The van der Waals surface area contributed by atoms with Crippen LogP contribution in [0.2, 0.25) is 10.0 Å². The van der Waals surface area contributed by atoms with Crippen LogP contribution >= 0.6 is 23.2 Å². The van der Waals surface area contributed by atoms with E-state index in [4.69, 9.17) is 27.6 Å². The molecule has 0 N–H and O–H groups in total. The first kappa shape index (κ1) is 19.8. The topological polar surface area (TPSA) is 50.5 Å². The number of amides is 1. The van der Waals surface area contributed by atoms with Gasteiger partial charge in [-0.2, -0.15) is 0 Å². The fraction of sp³-hybridized carbons (Fsp3) is 0.0833. The third-order valence-corrected chi connectivity index (χ3v) is 6.09. The van der Waals surface area contributed by atoms with Crippen LogP contribution in [0, 0.1) is 12.7 Å². The van der Waals surface area contributed by atoms with Crippen molar-refractivity contribution in [3.8, 4) is 0 Å². The maximum Gasteiger partial charge on any atom is 0.295 e. The predicted molar refractivity (Wildman–Crippen MR) is 119 cm³/mol. The summed E-state index contributed by atoms with van der Waals surface area (Å²) in [6, 6.07) is 14.7. The number of fused-ring (bicyclic) bond motifs is 2. The SMILES string of the molecule is Cc1ccc(N2C(=O)c3oc4ccc(Cl)cc4c(=O)c3C2c2ccc(F)cc2)cc1Cl. The Morgan fingerprint density at radius 2 is 1.71 bits per heavy atom. The van der Waals surface area contributed by atoms with Crippen molar-refractivity contribution < 1.29 is 13.6 Å². The summed E-state index contributed by atoms with van der Waals surface area (Å²) in [6.45, 7) is 1.85. The second-order valence-corrected chi connectivity index (χ2v) is 8.22. The highest BCUT2D eigenvalue weighted by molar-refractivity contribution is 6.32. The van der Waals surface area contributed by atoms with Gasteiger partial charge in [0.1, 0.15) is 11.4 Å². The third-order valence-electron chi connectivity index (χ3n) is 5.45. The molecule has 0 saturated carbocycles. The summed E-state index contributed by atoms with van der Waals surface area (Å²) in [5.41, 5.74) is 2.01. The zero-order valence-electron chi connectivity index (χ0n) is 16.2. The van der Waals surface area contributed by atoms with Gasteiger partial charge in [-0.3, -0.25) is 14.5 Å². The minimum Gasteiger partial charge on any atom is -0.450 e. The highest BCUT2D eigenvalue weighted by Gasteiger charge is 2.43. The van der Waals surface area contributed by atoms with Crippen molar-refractivity contribution in [3.05, 3.63) is 109 Å². The van der Waals surface area contributed by atoms with Gasteiger partial charge < -0.3 is 4.42 Å². The van der Waals surface area contributed by atoms with E-state index in [0.29, 0.717) is 21.3 Å². The van der Waals surface area contributed by atoms with Crippen LogP contribution < -0.4 is 10.3 Å². The van der Waals surface area contributed by atoms with Crippen molar-refractivity contribution in [2.45, 2.75) is 13.0 Å². The Labute approximate surface area is 186 Å². The first-order valence-corrected chi connectivity index (χ1v) is 10.2. The second kappa shape index (κ2) is 7.22. The number of carbonyl (C=O) groups excluding carboxylic acids is 1. The number of hydrogen-bond acceptors (Lipinski definition) is 3. The van der Waals surface area contributed by atoms with Crippen molar-refractivity contribution >= 4 is 45.8 Å². The molecule has 0 radical (unpaired) electrons. The van der Waals surface area contributed by atoms with E-state index in [-0.39, 0.29) is 27.7 Å². The average molecular weight is 454 g/mol. The number of hydrogen-bond donors (Lipinski definition) is 0. The number of rotatable bonds is 2. The van der Waals surface area contributed by atoms with Gasteiger partial charge in [0.2, 0.25) is 5.76 Å². The Kier molecular flexibility index (Phi) is 4.61. The lowest BCUT2D eigenvalue weighted by atomic mass is 9.98. The van der Waals surface area contributed by atoms with E-state index in [1.54, 1.807) is 42.5 Å². The quantitative estimate of drug-likeness (QED) is 0.357. The molecule has 1 unspecified atom stereocenters. The molecule has 1 atom stereocenters. The molecule has 4 aromatic rings. The van der Waals surface area contributed by atoms with Crippen LogP contribution in [0.5, 0.6) is 0 Å². The Hall–Kier alpha value is -3.15. The number of carbonyl (C=O) groups is 1. The van der Waals surface area contributed by atoms with Crippen LogP contribution in [0.1, 0.15) is 33.3 Å². The molecule has 4 nitrogen and oxygen atoms in total. The minimum atomic E-state index is -0.804. The van der Waals surface area contributed by atoms with E-state index in [9.17, 15) is 14.0 Å². The molecule has 0 spiro atoms. The number of nitrogens with zero attached hydrogens (tertiary/aromatic N) is 1. The van der Waals surface area contributed by atoms with Crippen molar-refractivity contribution in [1.82, 2.24) is 0 Å². The van der Waals surface area contributed by atoms with E-state index >= 15 is 0 Å². The van der Waals surface area contributed by atoms with Crippen LogP contribution in [-0.4, -0.2) is 5.91 Å². The molecule has 31 heavy (non-hydrogen) atoms. The highest BCUT2D eigenvalue weighted by atomic mass is 35.5. The molecule has 2 heterocycles. The molecule has 1 amide bonds. The number of aryl methyl sites for hydroxylation is 1. The van der Waals surface area contributed by atoms with E-state index in [1.807, 2.05) is 6.92 Å². The van der Waals surface area contributed by atoms with E-state index < -0.39 is 17.8 Å². The van der Waals surface area contributed by atoms with Gasteiger partial charge in [-0.05, 0) is 60.5 Å². The Morgan fingerprint density at radius 3 is 2.42 bits per heavy atom. The van der Waals surface area contributed by atoms with Crippen LogP contribution in [0.15, 0.2) is 69.9 Å². The van der Waals surface area contributed by atoms with Crippen LogP contribution in [-0.2, 0) is 0 Å². The first-order chi connectivity index (χ1) is 14.8. The summed E-state index contributed by atoms with van der Waals surface area (Å²) < 4.78 is 19.5. The fourth-order valence-corrected chi connectivity index (χ4v) is 4.25. The summed E-state index contributed by atoms with van der Waals surface area (Å²) in [7, 11) is 0. The predicted octanol–water partition coefficient (Wildman–Crippen LogP) is 6.30. The van der Waals surface area contributed by atoms with Gasteiger partial charge in [0, 0.05) is 15.7 Å². The molecule has 0 aliphatic carbocycles. The van der Waals surface area contributed by atoms with Gasteiger partial charge in [0.25, 0.3) is 5.91 Å². The molecule has 7 heteroatoms. The van der Waals surface area contributed by atoms with Crippen molar-refractivity contribution in [2.24, 2.45) is 0 Å². The monoisotopic (exact) mass is 453 g/mol. The normalized spacial score (nSPS) is 15.5.